The molecule has 0 spiro atoms. The summed E-state index contributed by atoms with van der Waals surface area (Å²) in [7, 11) is 0. The van der Waals surface area contributed by atoms with Gasteiger partial charge in [0.1, 0.15) is 10.1 Å². The van der Waals surface area contributed by atoms with Crippen LogP contribution in [-0.2, 0) is 0 Å². The molecular weight excluding hydrogens is 262 g/mol. The third kappa shape index (κ3) is 1.94. The lowest BCUT2D eigenvalue weighted by Crippen LogP contribution is -2.04. The van der Waals surface area contributed by atoms with E-state index in [1.54, 1.807) is 23.1 Å². The maximum Gasteiger partial charge on any atom is 0.149 e. The number of fused-ring (bicyclic) bond motifs is 1. The molecule has 0 saturated carbocycles. The Balaban J connectivity index is 1.96. The van der Waals surface area contributed by atoms with Crippen LogP contribution >= 0.6 is 23.1 Å². The lowest BCUT2D eigenvalue weighted by molar-refractivity contribution is 0.925. The van der Waals surface area contributed by atoms with Gasteiger partial charge in [0.2, 0.25) is 0 Å². The molecule has 1 aliphatic rings. The first-order chi connectivity index (χ1) is 8.78. The number of aliphatic imine (C=N–C) groups is 1. The van der Waals surface area contributed by atoms with Crippen molar-refractivity contribution < 1.29 is 0 Å². The fourth-order valence-corrected chi connectivity index (χ4v) is 3.83. The van der Waals surface area contributed by atoms with Gasteiger partial charge in [0.25, 0.3) is 0 Å². The van der Waals surface area contributed by atoms with E-state index in [9.17, 15) is 0 Å². The Hall–Kier alpha value is -1.64. The molecule has 2 aromatic rings. The molecule has 0 saturated heterocycles. The number of benzene rings is 1. The first-order valence-electron chi connectivity index (χ1n) is 5.43. The van der Waals surface area contributed by atoms with Crippen molar-refractivity contribution in [3.05, 3.63) is 41.4 Å². The zero-order chi connectivity index (χ0) is 12.5. The standard InChI is InChI=1S/C13H9N3S2/c1-8(6-14)10-7-17-12(16-10)13-15-9-4-2-3-5-11(9)18-13/h2-5,10H,1,7H2. The average Bonchev–Trinajstić information content (AvgIpc) is 3.03. The van der Waals surface area contributed by atoms with Crippen LogP contribution in [0.25, 0.3) is 10.2 Å². The van der Waals surface area contributed by atoms with Crippen molar-refractivity contribution in [2.75, 3.05) is 5.75 Å². The average molecular weight is 271 g/mol. The summed E-state index contributed by atoms with van der Waals surface area (Å²) in [5.41, 5.74) is 1.53. The van der Waals surface area contributed by atoms with Gasteiger partial charge in [-0.25, -0.2) is 4.98 Å². The maximum atomic E-state index is 8.83. The third-order valence-electron chi connectivity index (χ3n) is 2.67. The molecule has 1 aromatic heterocycles. The lowest BCUT2D eigenvalue weighted by Gasteiger charge is -1.98. The van der Waals surface area contributed by atoms with Gasteiger partial charge in [0.15, 0.2) is 0 Å². The van der Waals surface area contributed by atoms with Gasteiger partial charge in [0.05, 0.1) is 22.3 Å². The highest BCUT2D eigenvalue weighted by Crippen LogP contribution is 2.30. The van der Waals surface area contributed by atoms with Crippen LogP contribution in [-0.4, -0.2) is 21.8 Å². The molecule has 0 aliphatic carbocycles. The number of hydrogen-bond donors (Lipinski definition) is 0. The molecule has 88 valence electrons. The van der Waals surface area contributed by atoms with Crippen LogP contribution in [0.1, 0.15) is 5.01 Å². The third-order valence-corrected chi connectivity index (χ3v) is 4.90. The zero-order valence-corrected chi connectivity index (χ0v) is 11.1. The largest absolute Gasteiger partial charge is 0.266 e. The Morgan fingerprint density at radius 1 is 1.44 bits per heavy atom. The molecule has 3 nitrogen and oxygen atoms in total. The second kappa shape index (κ2) is 4.56. The number of hydrogen-bond acceptors (Lipinski definition) is 5. The van der Waals surface area contributed by atoms with Crippen LogP contribution in [0.5, 0.6) is 0 Å². The molecule has 0 bridgehead atoms. The first-order valence-corrected chi connectivity index (χ1v) is 7.23. The van der Waals surface area contributed by atoms with Gasteiger partial charge in [-0.15, -0.1) is 23.1 Å². The van der Waals surface area contributed by atoms with Crippen LogP contribution in [0.4, 0.5) is 0 Å². The maximum absolute atomic E-state index is 8.83. The van der Waals surface area contributed by atoms with Crippen LogP contribution in [0.15, 0.2) is 41.4 Å². The highest BCUT2D eigenvalue weighted by molar-refractivity contribution is 8.15. The summed E-state index contributed by atoms with van der Waals surface area (Å²) in [5.74, 6) is 0.789. The van der Waals surface area contributed by atoms with E-state index in [1.807, 2.05) is 18.2 Å². The van der Waals surface area contributed by atoms with Crippen molar-refractivity contribution in [3.63, 3.8) is 0 Å². The van der Waals surface area contributed by atoms with Gasteiger partial charge in [0, 0.05) is 11.3 Å². The number of nitriles is 1. The molecule has 3 rings (SSSR count). The van der Waals surface area contributed by atoms with Gasteiger partial charge in [-0.1, -0.05) is 18.7 Å². The second-order valence-corrected chi connectivity index (χ2v) is 5.92. The molecule has 0 fully saturated rings. The highest BCUT2D eigenvalue weighted by atomic mass is 32.2. The van der Waals surface area contributed by atoms with E-state index in [-0.39, 0.29) is 6.04 Å². The highest BCUT2D eigenvalue weighted by Gasteiger charge is 2.23. The number of aromatic nitrogens is 1. The van der Waals surface area contributed by atoms with Crippen molar-refractivity contribution in [2.45, 2.75) is 6.04 Å². The molecule has 0 radical (unpaired) electrons. The van der Waals surface area contributed by atoms with Crippen molar-refractivity contribution >= 4 is 38.4 Å². The summed E-state index contributed by atoms with van der Waals surface area (Å²) < 4.78 is 1.17. The van der Waals surface area contributed by atoms with E-state index in [2.05, 4.69) is 28.7 Å². The van der Waals surface area contributed by atoms with Crippen molar-refractivity contribution in [2.24, 2.45) is 4.99 Å². The second-order valence-electron chi connectivity index (χ2n) is 3.88. The van der Waals surface area contributed by atoms with Crippen LogP contribution in [0, 0.1) is 11.3 Å². The predicted octanol–water partition coefficient (Wildman–Crippen LogP) is 3.24. The van der Waals surface area contributed by atoms with Gasteiger partial charge in [-0.3, -0.25) is 4.99 Å². The molecule has 5 heteroatoms. The van der Waals surface area contributed by atoms with E-state index < -0.39 is 0 Å². The number of nitrogens with zero attached hydrogens (tertiary/aromatic N) is 3. The van der Waals surface area contributed by atoms with E-state index in [4.69, 9.17) is 5.26 Å². The van der Waals surface area contributed by atoms with Gasteiger partial charge in [-0.05, 0) is 12.1 Å². The molecule has 0 amide bonds. The Kier molecular flexibility index (Phi) is 2.90. The van der Waals surface area contributed by atoms with Gasteiger partial charge >= 0.3 is 0 Å². The Morgan fingerprint density at radius 3 is 3.06 bits per heavy atom. The molecule has 1 aliphatic heterocycles. The van der Waals surface area contributed by atoms with Crippen molar-refractivity contribution in [3.8, 4) is 6.07 Å². The summed E-state index contributed by atoms with van der Waals surface area (Å²) in [6, 6.07) is 10.0. The lowest BCUT2D eigenvalue weighted by atomic mass is 10.2. The van der Waals surface area contributed by atoms with Gasteiger partial charge in [-0.2, -0.15) is 5.26 Å². The fourth-order valence-electron chi connectivity index (χ4n) is 1.71. The first kappa shape index (κ1) is 11.5. The quantitative estimate of drug-likeness (QED) is 0.788. The number of thiazole rings is 1. The molecule has 0 N–H and O–H groups in total. The summed E-state index contributed by atoms with van der Waals surface area (Å²) in [6.07, 6.45) is 0. The minimum atomic E-state index is -0.0815. The number of thioether (sulfide) groups is 1. The summed E-state index contributed by atoms with van der Waals surface area (Å²) in [6.45, 7) is 3.73. The monoisotopic (exact) mass is 271 g/mol. The van der Waals surface area contributed by atoms with E-state index in [0.717, 1.165) is 21.3 Å². The number of para-hydroxylation sites is 1. The van der Waals surface area contributed by atoms with Crippen molar-refractivity contribution in [1.29, 1.82) is 5.26 Å². The molecular formula is C13H9N3S2. The minimum Gasteiger partial charge on any atom is -0.266 e. The summed E-state index contributed by atoms with van der Waals surface area (Å²) >= 11 is 3.29. The Morgan fingerprint density at radius 2 is 2.28 bits per heavy atom. The summed E-state index contributed by atoms with van der Waals surface area (Å²) in [5, 5.41) is 10.7. The Bertz CT molecular complexity index is 661. The minimum absolute atomic E-state index is 0.0815. The van der Waals surface area contributed by atoms with Crippen molar-refractivity contribution in [1.82, 2.24) is 4.98 Å². The van der Waals surface area contributed by atoms with E-state index in [0.29, 0.717) is 5.57 Å². The molecule has 2 heterocycles. The Labute approximate surface area is 113 Å². The summed E-state index contributed by atoms with van der Waals surface area (Å²) in [4.78, 5) is 9.10. The normalized spacial score (nSPS) is 18.6. The molecule has 18 heavy (non-hydrogen) atoms. The van der Waals surface area contributed by atoms with Crippen LogP contribution in [0.2, 0.25) is 0 Å². The molecule has 1 unspecified atom stereocenters. The van der Waals surface area contributed by atoms with Crippen LogP contribution < -0.4 is 0 Å². The molecule has 1 atom stereocenters. The zero-order valence-electron chi connectivity index (χ0n) is 9.46. The smallest absolute Gasteiger partial charge is 0.149 e. The SMILES string of the molecule is C=C(C#N)C1CSC(c2nc3ccccc3s2)=N1. The molecule has 1 aromatic carbocycles. The van der Waals surface area contributed by atoms with Gasteiger partial charge < -0.3 is 0 Å². The topological polar surface area (TPSA) is 49.0 Å². The number of rotatable bonds is 2. The van der Waals surface area contributed by atoms with E-state index >= 15 is 0 Å². The van der Waals surface area contributed by atoms with Crippen LogP contribution in [0.3, 0.4) is 0 Å². The predicted molar refractivity (Wildman–Crippen MR) is 77.2 cm³/mol. The fraction of sp³-hybridized carbons (Fsp3) is 0.154. The van der Waals surface area contributed by atoms with E-state index in [1.165, 1.54) is 4.70 Å².